The Morgan fingerprint density at radius 1 is 1.50 bits per heavy atom. The average Bonchev–Trinajstić information content (AvgIpc) is 2.16. The maximum atomic E-state index is 11.2. The molecule has 0 spiro atoms. The molecule has 2 N–H and O–H groups in total. The first kappa shape index (κ1) is 13.8. The molecule has 14 heavy (non-hydrogen) atoms. The molecule has 0 aromatic heterocycles. The van der Waals surface area contributed by atoms with E-state index in [2.05, 4.69) is 6.92 Å². The Bertz CT molecular complexity index is 162. The van der Waals surface area contributed by atoms with Crippen LogP contribution in [-0.4, -0.2) is 43.0 Å². The smallest absolute Gasteiger partial charge is 0.222 e. The standard InChI is InChI=1S/C10H22N2OS/c1-9(7-11)8-14-6-4-5-10(13)12(2)3/h9H,4-8,11H2,1-3H3. The van der Waals surface area contributed by atoms with Crippen molar-refractivity contribution < 1.29 is 4.79 Å². The molecule has 0 saturated carbocycles. The molecule has 0 aliphatic carbocycles. The highest BCUT2D eigenvalue weighted by molar-refractivity contribution is 7.99. The highest BCUT2D eigenvalue weighted by atomic mass is 32.2. The van der Waals surface area contributed by atoms with Gasteiger partial charge in [0.1, 0.15) is 0 Å². The molecule has 0 saturated heterocycles. The fraction of sp³-hybridized carbons (Fsp3) is 0.900. The summed E-state index contributed by atoms with van der Waals surface area (Å²) in [6.45, 7) is 2.90. The van der Waals surface area contributed by atoms with Crippen LogP contribution in [0.1, 0.15) is 19.8 Å². The number of carbonyl (C=O) groups excluding carboxylic acids is 1. The summed E-state index contributed by atoms with van der Waals surface area (Å²) in [7, 11) is 3.60. The highest BCUT2D eigenvalue weighted by Crippen LogP contribution is 2.09. The quantitative estimate of drug-likeness (QED) is 0.653. The van der Waals surface area contributed by atoms with E-state index in [-0.39, 0.29) is 5.91 Å². The lowest BCUT2D eigenvalue weighted by molar-refractivity contribution is -0.128. The van der Waals surface area contributed by atoms with Crippen molar-refractivity contribution in [3.05, 3.63) is 0 Å². The van der Waals surface area contributed by atoms with Gasteiger partial charge >= 0.3 is 0 Å². The van der Waals surface area contributed by atoms with Gasteiger partial charge < -0.3 is 10.6 Å². The molecule has 0 aromatic rings. The summed E-state index contributed by atoms with van der Waals surface area (Å²) >= 11 is 1.89. The summed E-state index contributed by atoms with van der Waals surface area (Å²) in [4.78, 5) is 12.8. The number of hydrogen-bond acceptors (Lipinski definition) is 3. The fourth-order valence-electron chi connectivity index (χ4n) is 0.902. The van der Waals surface area contributed by atoms with Gasteiger partial charge in [-0.05, 0) is 30.4 Å². The van der Waals surface area contributed by atoms with Gasteiger partial charge in [-0.1, -0.05) is 6.92 Å². The first-order chi connectivity index (χ1) is 6.57. The number of hydrogen-bond donors (Lipinski definition) is 1. The van der Waals surface area contributed by atoms with Gasteiger partial charge in [-0.2, -0.15) is 11.8 Å². The molecule has 1 amide bonds. The average molecular weight is 218 g/mol. The van der Waals surface area contributed by atoms with Crippen molar-refractivity contribution in [1.82, 2.24) is 4.90 Å². The fourth-order valence-corrected chi connectivity index (χ4v) is 1.96. The minimum atomic E-state index is 0.220. The van der Waals surface area contributed by atoms with E-state index in [0.29, 0.717) is 12.3 Å². The molecule has 0 radical (unpaired) electrons. The second-order valence-corrected chi connectivity index (χ2v) is 4.96. The van der Waals surface area contributed by atoms with Crippen LogP contribution in [0.15, 0.2) is 0 Å². The van der Waals surface area contributed by atoms with E-state index in [1.165, 1.54) is 0 Å². The third-order valence-electron chi connectivity index (χ3n) is 1.98. The van der Waals surface area contributed by atoms with E-state index < -0.39 is 0 Å². The van der Waals surface area contributed by atoms with Crippen LogP contribution in [0, 0.1) is 5.92 Å². The number of nitrogens with zero attached hydrogens (tertiary/aromatic N) is 1. The van der Waals surface area contributed by atoms with Crippen LogP contribution in [0.5, 0.6) is 0 Å². The van der Waals surface area contributed by atoms with E-state index in [1.54, 1.807) is 19.0 Å². The van der Waals surface area contributed by atoms with Gasteiger partial charge in [0.25, 0.3) is 0 Å². The molecule has 0 bridgehead atoms. The maximum Gasteiger partial charge on any atom is 0.222 e. The second kappa shape index (κ2) is 8.12. The normalized spacial score (nSPS) is 12.6. The van der Waals surface area contributed by atoms with Crippen LogP contribution in [-0.2, 0) is 4.79 Å². The van der Waals surface area contributed by atoms with Crippen molar-refractivity contribution in [2.45, 2.75) is 19.8 Å². The molecular weight excluding hydrogens is 196 g/mol. The Morgan fingerprint density at radius 2 is 2.14 bits per heavy atom. The lowest BCUT2D eigenvalue weighted by atomic mass is 10.2. The molecule has 4 heteroatoms. The van der Waals surface area contributed by atoms with Crippen molar-refractivity contribution in [2.75, 3.05) is 32.1 Å². The molecule has 3 nitrogen and oxygen atoms in total. The molecular formula is C10H22N2OS. The van der Waals surface area contributed by atoms with E-state index in [1.807, 2.05) is 11.8 Å². The summed E-state index contributed by atoms with van der Waals surface area (Å²) < 4.78 is 0. The Kier molecular flexibility index (Phi) is 7.99. The lowest BCUT2D eigenvalue weighted by Gasteiger charge is -2.10. The Balaban J connectivity index is 3.26. The number of amides is 1. The molecule has 0 aliphatic heterocycles. The van der Waals surface area contributed by atoms with Crippen molar-refractivity contribution in [1.29, 1.82) is 0 Å². The molecule has 0 rings (SSSR count). The second-order valence-electron chi connectivity index (χ2n) is 3.81. The van der Waals surface area contributed by atoms with Crippen LogP contribution in [0.2, 0.25) is 0 Å². The van der Waals surface area contributed by atoms with Crippen molar-refractivity contribution in [3.63, 3.8) is 0 Å². The zero-order valence-electron chi connectivity index (χ0n) is 9.45. The van der Waals surface area contributed by atoms with Gasteiger partial charge in [-0.25, -0.2) is 0 Å². The first-order valence-corrected chi connectivity index (χ1v) is 6.21. The Hall–Kier alpha value is -0.220. The summed E-state index contributed by atoms with van der Waals surface area (Å²) in [6, 6.07) is 0. The van der Waals surface area contributed by atoms with Gasteiger partial charge in [-0.15, -0.1) is 0 Å². The van der Waals surface area contributed by atoms with Crippen LogP contribution >= 0.6 is 11.8 Å². The van der Waals surface area contributed by atoms with E-state index in [9.17, 15) is 4.79 Å². The number of thioether (sulfide) groups is 1. The van der Waals surface area contributed by atoms with E-state index in [0.717, 1.165) is 24.5 Å². The third-order valence-corrected chi connectivity index (χ3v) is 3.36. The van der Waals surface area contributed by atoms with Gasteiger partial charge in [0, 0.05) is 20.5 Å². The summed E-state index contributed by atoms with van der Waals surface area (Å²) in [6.07, 6.45) is 1.63. The first-order valence-electron chi connectivity index (χ1n) is 5.06. The van der Waals surface area contributed by atoms with Crippen molar-refractivity contribution >= 4 is 17.7 Å². The van der Waals surface area contributed by atoms with Crippen LogP contribution in [0.4, 0.5) is 0 Å². The molecule has 1 unspecified atom stereocenters. The minimum absolute atomic E-state index is 0.220. The van der Waals surface area contributed by atoms with Gasteiger partial charge in [0.15, 0.2) is 0 Å². The molecule has 84 valence electrons. The largest absolute Gasteiger partial charge is 0.349 e. The third kappa shape index (κ3) is 7.21. The predicted molar refractivity (Wildman–Crippen MR) is 63.5 cm³/mol. The van der Waals surface area contributed by atoms with Gasteiger partial charge in [0.05, 0.1) is 0 Å². The summed E-state index contributed by atoms with van der Waals surface area (Å²) in [5.41, 5.74) is 5.50. The van der Waals surface area contributed by atoms with Crippen LogP contribution < -0.4 is 5.73 Å². The van der Waals surface area contributed by atoms with Crippen LogP contribution in [0.3, 0.4) is 0 Å². The summed E-state index contributed by atoms with van der Waals surface area (Å²) in [5, 5.41) is 0. The highest BCUT2D eigenvalue weighted by Gasteiger charge is 2.03. The molecule has 0 aliphatic rings. The number of nitrogens with two attached hydrogens (primary N) is 1. The van der Waals surface area contributed by atoms with Crippen molar-refractivity contribution in [2.24, 2.45) is 11.7 Å². The lowest BCUT2D eigenvalue weighted by Crippen LogP contribution is -2.21. The van der Waals surface area contributed by atoms with E-state index >= 15 is 0 Å². The number of carbonyl (C=O) groups is 1. The van der Waals surface area contributed by atoms with Gasteiger partial charge in [0.2, 0.25) is 5.91 Å². The SMILES string of the molecule is CC(CN)CSCCCC(=O)N(C)C. The predicted octanol–water partition coefficient (Wildman–Crippen LogP) is 1.18. The molecule has 0 fully saturated rings. The Labute approximate surface area is 91.4 Å². The molecule has 1 atom stereocenters. The maximum absolute atomic E-state index is 11.2. The topological polar surface area (TPSA) is 46.3 Å². The minimum Gasteiger partial charge on any atom is -0.349 e. The number of rotatable bonds is 7. The monoisotopic (exact) mass is 218 g/mol. The summed E-state index contributed by atoms with van der Waals surface area (Å²) in [5.74, 6) is 2.97. The Morgan fingerprint density at radius 3 is 2.64 bits per heavy atom. The zero-order chi connectivity index (χ0) is 11.0. The molecule has 0 aromatic carbocycles. The zero-order valence-corrected chi connectivity index (χ0v) is 10.3. The van der Waals surface area contributed by atoms with Crippen molar-refractivity contribution in [3.8, 4) is 0 Å². The molecule has 0 heterocycles. The van der Waals surface area contributed by atoms with Crippen LogP contribution in [0.25, 0.3) is 0 Å². The van der Waals surface area contributed by atoms with E-state index in [4.69, 9.17) is 5.73 Å². The van der Waals surface area contributed by atoms with Gasteiger partial charge in [-0.3, -0.25) is 4.79 Å².